The lowest BCUT2D eigenvalue weighted by Gasteiger charge is -2.27. The van der Waals surface area contributed by atoms with Crippen LogP contribution in [0, 0.1) is 0 Å². The number of para-hydroxylation sites is 1. The summed E-state index contributed by atoms with van der Waals surface area (Å²) in [5.74, 6) is -0.436. The molecule has 26 heavy (non-hydrogen) atoms. The van der Waals surface area contributed by atoms with Crippen LogP contribution in [0.1, 0.15) is 39.9 Å². The van der Waals surface area contributed by atoms with Crippen LogP contribution in [0.3, 0.4) is 0 Å². The molecule has 2 aromatic rings. The summed E-state index contributed by atoms with van der Waals surface area (Å²) in [6, 6.07) is 5.61. The third-order valence-electron chi connectivity index (χ3n) is 5.11. The van der Waals surface area contributed by atoms with Crippen molar-refractivity contribution in [3.05, 3.63) is 29.6 Å². The van der Waals surface area contributed by atoms with E-state index in [1.165, 1.54) is 0 Å². The Kier molecular flexibility index (Phi) is 4.60. The highest BCUT2D eigenvalue weighted by molar-refractivity contribution is 6.06. The highest BCUT2D eigenvalue weighted by Gasteiger charge is 2.27. The van der Waals surface area contributed by atoms with Crippen molar-refractivity contribution in [2.24, 2.45) is 5.73 Å². The predicted octanol–water partition coefficient (Wildman–Crippen LogP) is 0.532. The maximum absolute atomic E-state index is 13.0. The molecule has 2 aliphatic heterocycles. The van der Waals surface area contributed by atoms with Gasteiger partial charge < -0.3 is 25.3 Å². The second-order valence-electron chi connectivity index (χ2n) is 6.75. The molecule has 3 heterocycles. The first-order valence-electron chi connectivity index (χ1n) is 9.05. The lowest BCUT2D eigenvalue weighted by Crippen LogP contribution is -2.40. The number of carbonyl (C=O) groups excluding carboxylic acids is 2. The van der Waals surface area contributed by atoms with E-state index in [2.05, 4.69) is 10.3 Å². The molecule has 0 bridgehead atoms. The molecule has 3 N–H and O–H groups in total. The number of hydrogen-bond donors (Lipinski definition) is 2. The summed E-state index contributed by atoms with van der Waals surface area (Å²) in [7, 11) is 0. The highest BCUT2D eigenvalue weighted by Crippen LogP contribution is 2.28. The van der Waals surface area contributed by atoms with Crippen LogP contribution in [0.15, 0.2) is 18.2 Å². The summed E-state index contributed by atoms with van der Waals surface area (Å²) >= 11 is 0. The smallest absolute Gasteiger partial charge is 0.284 e. The van der Waals surface area contributed by atoms with Gasteiger partial charge in [0.25, 0.3) is 11.8 Å². The molecule has 0 spiro atoms. The number of aromatic nitrogens is 2. The predicted molar refractivity (Wildman–Crippen MR) is 96.1 cm³/mol. The van der Waals surface area contributed by atoms with Crippen molar-refractivity contribution in [2.75, 3.05) is 39.4 Å². The Bertz CT molecular complexity index is 835. The van der Waals surface area contributed by atoms with Crippen molar-refractivity contribution in [3.8, 4) is 0 Å². The Balaban J connectivity index is 1.81. The fourth-order valence-electron chi connectivity index (χ4n) is 3.82. The zero-order chi connectivity index (χ0) is 18.1. The van der Waals surface area contributed by atoms with Crippen LogP contribution < -0.4 is 11.1 Å². The van der Waals surface area contributed by atoms with Crippen molar-refractivity contribution in [3.63, 3.8) is 0 Å². The Labute approximate surface area is 151 Å². The normalized spacial score (nSPS) is 21.1. The number of benzene rings is 1. The minimum absolute atomic E-state index is 0.0821. The molecular formula is C18H23N5O3. The topological polar surface area (TPSA) is 102 Å². The Hall–Kier alpha value is -2.45. The van der Waals surface area contributed by atoms with Crippen molar-refractivity contribution < 1.29 is 14.3 Å². The van der Waals surface area contributed by atoms with Gasteiger partial charge in [0, 0.05) is 25.7 Å². The average Bonchev–Trinajstić information content (AvgIpc) is 3.09. The molecular weight excluding hydrogens is 334 g/mol. The number of rotatable bonds is 3. The summed E-state index contributed by atoms with van der Waals surface area (Å²) in [6.45, 7) is 3.92. The minimum atomic E-state index is -0.573. The van der Waals surface area contributed by atoms with E-state index in [-0.39, 0.29) is 17.8 Å². The Morgan fingerprint density at radius 1 is 1.27 bits per heavy atom. The number of primary amides is 1. The fourth-order valence-corrected chi connectivity index (χ4v) is 3.82. The third kappa shape index (κ3) is 2.95. The van der Waals surface area contributed by atoms with E-state index in [0.29, 0.717) is 37.4 Å². The van der Waals surface area contributed by atoms with Gasteiger partial charge in [-0.15, -0.1) is 0 Å². The lowest BCUT2D eigenvalue weighted by molar-refractivity contribution is 0.0304. The summed E-state index contributed by atoms with van der Waals surface area (Å²) in [4.78, 5) is 31.2. The van der Waals surface area contributed by atoms with E-state index < -0.39 is 5.91 Å². The second-order valence-corrected chi connectivity index (χ2v) is 6.75. The van der Waals surface area contributed by atoms with E-state index in [4.69, 9.17) is 10.5 Å². The fraction of sp³-hybridized carbons (Fsp3) is 0.500. The van der Waals surface area contributed by atoms with E-state index >= 15 is 0 Å². The van der Waals surface area contributed by atoms with Crippen LogP contribution in [0.4, 0.5) is 0 Å². The molecule has 1 atom stereocenters. The molecule has 1 unspecified atom stereocenters. The number of imidazole rings is 1. The highest BCUT2D eigenvalue weighted by atomic mass is 16.5. The van der Waals surface area contributed by atoms with Gasteiger partial charge in [-0.25, -0.2) is 4.98 Å². The maximum Gasteiger partial charge on any atom is 0.284 e. The maximum atomic E-state index is 13.0. The molecule has 0 aliphatic carbocycles. The van der Waals surface area contributed by atoms with Gasteiger partial charge in [-0.2, -0.15) is 0 Å². The SMILES string of the molecule is NC(=O)c1nc2c(C(=O)N3CCOCC3)cccc2n1C1CCCNC1. The summed E-state index contributed by atoms with van der Waals surface area (Å²) < 4.78 is 7.23. The number of hydrogen-bond acceptors (Lipinski definition) is 5. The van der Waals surface area contributed by atoms with Gasteiger partial charge in [0.1, 0.15) is 5.52 Å². The first kappa shape index (κ1) is 17.0. The number of fused-ring (bicyclic) bond motifs is 1. The van der Waals surface area contributed by atoms with E-state index in [0.717, 1.165) is 31.4 Å². The zero-order valence-electron chi connectivity index (χ0n) is 14.6. The van der Waals surface area contributed by atoms with Crippen molar-refractivity contribution in [2.45, 2.75) is 18.9 Å². The first-order valence-corrected chi connectivity index (χ1v) is 9.05. The molecule has 0 saturated carbocycles. The van der Waals surface area contributed by atoms with Crippen LogP contribution >= 0.6 is 0 Å². The van der Waals surface area contributed by atoms with Crippen LogP contribution in [0.5, 0.6) is 0 Å². The number of morpholine rings is 1. The lowest BCUT2D eigenvalue weighted by atomic mass is 10.1. The third-order valence-corrected chi connectivity index (χ3v) is 5.11. The largest absolute Gasteiger partial charge is 0.378 e. The minimum Gasteiger partial charge on any atom is -0.378 e. The molecule has 2 aliphatic rings. The number of nitrogens with zero attached hydrogens (tertiary/aromatic N) is 3. The van der Waals surface area contributed by atoms with Gasteiger partial charge >= 0.3 is 0 Å². The monoisotopic (exact) mass is 357 g/mol. The van der Waals surface area contributed by atoms with Crippen LogP contribution in [0.2, 0.25) is 0 Å². The Morgan fingerprint density at radius 2 is 2.08 bits per heavy atom. The summed E-state index contributed by atoms with van der Waals surface area (Å²) in [5.41, 5.74) is 7.44. The van der Waals surface area contributed by atoms with Crippen molar-refractivity contribution in [1.29, 1.82) is 0 Å². The average molecular weight is 357 g/mol. The number of amides is 2. The van der Waals surface area contributed by atoms with Crippen LogP contribution in [-0.2, 0) is 4.74 Å². The second kappa shape index (κ2) is 7.05. The Morgan fingerprint density at radius 3 is 2.77 bits per heavy atom. The molecule has 2 amide bonds. The standard InChI is InChI=1S/C18H23N5O3/c19-16(24)17-21-15-13(18(25)22-7-9-26-10-8-22)4-1-5-14(15)23(17)12-3-2-6-20-11-12/h1,4-5,12,20H,2-3,6-11H2,(H2,19,24). The number of nitrogens with one attached hydrogen (secondary N) is 1. The van der Waals surface area contributed by atoms with Crippen molar-refractivity contribution in [1.82, 2.24) is 19.8 Å². The summed E-state index contributed by atoms with van der Waals surface area (Å²) in [5, 5.41) is 3.35. The van der Waals surface area contributed by atoms with E-state index in [9.17, 15) is 9.59 Å². The zero-order valence-corrected chi connectivity index (χ0v) is 14.6. The van der Waals surface area contributed by atoms with Gasteiger partial charge in [0.2, 0.25) is 0 Å². The van der Waals surface area contributed by atoms with Crippen LogP contribution in [0.25, 0.3) is 11.0 Å². The van der Waals surface area contributed by atoms with Gasteiger partial charge in [0.15, 0.2) is 5.82 Å². The van der Waals surface area contributed by atoms with Gasteiger partial charge in [-0.3, -0.25) is 9.59 Å². The first-order chi connectivity index (χ1) is 12.7. The van der Waals surface area contributed by atoms with Gasteiger partial charge in [0.05, 0.1) is 24.3 Å². The molecule has 8 heteroatoms. The van der Waals surface area contributed by atoms with E-state index in [1.54, 1.807) is 11.0 Å². The molecule has 0 radical (unpaired) electrons. The van der Waals surface area contributed by atoms with Crippen molar-refractivity contribution >= 4 is 22.8 Å². The molecule has 2 fully saturated rings. The molecule has 1 aromatic heterocycles. The summed E-state index contributed by atoms with van der Waals surface area (Å²) in [6.07, 6.45) is 1.97. The molecule has 2 saturated heterocycles. The number of carbonyl (C=O) groups is 2. The van der Waals surface area contributed by atoms with E-state index in [1.807, 2.05) is 16.7 Å². The number of nitrogens with two attached hydrogens (primary N) is 1. The van der Waals surface area contributed by atoms with Gasteiger partial charge in [-0.1, -0.05) is 6.07 Å². The quantitative estimate of drug-likeness (QED) is 0.834. The van der Waals surface area contributed by atoms with Crippen LogP contribution in [-0.4, -0.2) is 65.7 Å². The number of ether oxygens (including phenoxy) is 1. The molecule has 138 valence electrons. The number of piperidine rings is 1. The molecule has 8 nitrogen and oxygen atoms in total. The molecule has 1 aromatic carbocycles. The van der Waals surface area contributed by atoms with Gasteiger partial charge in [-0.05, 0) is 31.5 Å². The molecule has 4 rings (SSSR count).